The summed E-state index contributed by atoms with van der Waals surface area (Å²) < 4.78 is 4.40. The first-order chi connectivity index (χ1) is 8.97. The number of ether oxygens (including phenoxy) is 1. The molecule has 6 heteroatoms. The molecule has 0 saturated carbocycles. The van der Waals surface area contributed by atoms with Crippen molar-refractivity contribution in [1.82, 2.24) is 0 Å². The van der Waals surface area contributed by atoms with Crippen LogP contribution in [-0.4, -0.2) is 30.6 Å². The van der Waals surface area contributed by atoms with Gasteiger partial charge in [-0.1, -0.05) is 30.3 Å². The molecule has 1 aromatic carbocycles. The van der Waals surface area contributed by atoms with Crippen molar-refractivity contribution in [2.75, 3.05) is 7.11 Å². The van der Waals surface area contributed by atoms with E-state index in [9.17, 15) is 19.2 Å². The van der Waals surface area contributed by atoms with Gasteiger partial charge in [0.15, 0.2) is 5.78 Å². The van der Waals surface area contributed by atoms with E-state index in [2.05, 4.69) is 4.74 Å². The standard InChI is InChI=1S/C13H13NO5/c1-19-10(15)7-9(12(17)13(14)18)11(16)8-5-3-2-4-6-8/h2-6,9H,7H2,1H3,(H2,14,18)/t9-/m1/s1. The van der Waals surface area contributed by atoms with E-state index >= 15 is 0 Å². The van der Waals surface area contributed by atoms with E-state index in [1.165, 1.54) is 12.1 Å². The lowest BCUT2D eigenvalue weighted by Crippen LogP contribution is -2.36. The molecule has 6 nitrogen and oxygen atoms in total. The Morgan fingerprint density at radius 1 is 1.16 bits per heavy atom. The summed E-state index contributed by atoms with van der Waals surface area (Å²) >= 11 is 0. The molecule has 0 bridgehead atoms. The highest BCUT2D eigenvalue weighted by Gasteiger charge is 2.33. The summed E-state index contributed by atoms with van der Waals surface area (Å²) in [5.41, 5.74) is 5.10. The second-order valence-corrected chi connectivity index (χ2v) is 3.79. The number of benzene rings is 1. The first-order valence-corrected chi connectivity index (χ1v) is 5.47. The quantitative estimate of drug-likeness (QED) is 0.339. The van der Waals surface area contributed by atoms with Crippen molar-refractivity contribution in [3.8, 4) is 0 Å². The fourth-order valence-electron chi connectivity index (χ4n) is 1.53. The molecule has 1 amide bonds. The average molecular weight is 263 g/mol. The van der Waals surface area contributed by atoms with E-state index < -0.39 is 35.8 Å². The molecule has 2 N–H and O–H groups in total. The SMILES string of the molecule is COC(=O)C[C@@H](C(=O)C(N)=O)C(=O)c1ccccc1. The molecule has 0 unspecified atom stereocenters. The maximum absolute atomic E-state index is 12.1. The maximum atomic E-state index is 12.1. The molecule has 100 valence electrons. The van der Waals surface area contributed by atoms with E-state index in [4.69, 9.17) is 5.73 Å². The average Bonchev–Trinajstić information content (AvgIpc) is 2.43. The predicted molar refractivity (Wildman–Crippen MR) is 65.1 cm³/mol. The van der Waals surface area contributed by atoms with E-state index in [0.29, 0.717) is 0 Å². The summed E-state index contributed by atoms with van der Waals surface area (Å²) in [5.74, 6) is -5.18. The molecule has 0 aliphatic rings. The third-order valence-corrected chi connectivity index (χ3v) is 2.53. The maximum Gasteiger partial charge on any atom is 0.306 e. The summed E-state index contributed by atoms with van der Waals surface area (Å²) in [6.07, 6.45) is -0.508. The van der Waals surface area contributed by atoms with Crippen molar-refractivity contribution in [1.29, 1.82) is 0 Å². The highest BCUT2D eigenvalue weighted by molar-refractivity contribution is 6.41. The number of Topliss-reactive ketones (excluding diaryl/α,β-unsaturated/α-hetero) is 2. The molecular weight excluding hydrogens is 250 g/mol. The van der Waals surface area contributed by atoms with Gasteiger partial charge in [-0.3, -0.25) is 19.2 Å². The minimum atomic E-state index is -1.44. The third-order valence-electron chi connectivity index (χ3n) is 2.53. The second-order valence-electron chi connectivity index (χ2n) is 3.79. The number of primary amides is 1. The molecular formula is C13H13NO5. The molecule has 0 aromatic heterocycles. The lowest BCUT2D eigenvalue weighted by molar-refractivity contribution is -0.144. The summed E-state index contributed by atoms with van der Waals surface area (Å²) in [7, 11) is 1.13. The topological polar surface area (TPSA) is 104 Å². The summed E-state index contributed by atoms with van der Waals surface area (Å²) in [5, 5.41) is 0. The van der Waals surface area contributed by atoms with Crippen LogP contribution < -0.4 is 5.73 Å². The number of hydrogen-bond donors (Lipinski definition) is 1. The van der Waals surface area contributed by atoms with Crippen molar-refractivity contribution < 1.29 is 23.9 Å². The Morgan fingerprint density at radius 3 is 2.21 bits per heavy atom. The zero-order chi connectivity index (χ0) is 14.4. The van der Waals surface area contributed by atoms with Crippen molar-refractivity contribution in [2.45, 2.75) is 6.42 Å². The van der Waals surface area contributed by atoms with Gasteiger partial charge in [0.2, 0.25) is 5.78 Å². The molecule has 0 fully saturated rings. The molecule has 0 spiro atoms. The van der Waals surface area contributed by atoms with Gasteiger partial charge in [0, 0.05) is 5.56 Å². The minimum absolute atomic E-state index is 0.228. The first kappa shape index (κ1) is 14.6. The molecule has 1 rings (SSSR count). The van der Waals surface area contributed by atoms with Crippen LogP contribution >= 0.6 is 0 Å². The largest absolute Gasteiger partial charge is 0.469 e. The minimum Gasteiger partial charge on any atom is -0.469 e. The Kier molecular flexibility index (Phi) is 4.93. The number of nitrogens with two attached hydrogens (primary N) is 1. The van der Waals surface area contributed by atoms with Crippen LogP contribution in [0.15, 0.2) is 30.3 Å². The van der Waals surface area contributed by atoms with Crippen LogP contribution in [0.2, 0.25) is 0 Å². The van der Waals surface area contributed by atoms with E-state index in [1.807, 2.05) is 0 Å². The monoisotopic (exact) mass is 263 g/mol. The van der Waals surface area contributed by atoms with Crippen molar-refractivity contribution >= 4 is 23.4 Å². The summed E-state index contributed by atoms with van der Waals surface area (Å²) in [4.78, 5) is 45.8. The summed E-state index contributed by atoms with van der Waals surface area (Å²) in [6, 6.07) is 7.89. The van der Waals surface area contributed by atoms with Gasteiger partial charge in [-0.25, -0.2) is 0 Å². The van der Waals surface area contributed by atoms with E-state index in [1.54, 1.807) is 18.2 Å². The van der Waals surface area contributed by atoms with Gasteiger partial charge in [0.05, 0.1) is 13.5 Å². The Morgan fingerprint density at radius 2 is 1.74 bits per heavy atom. The van der Waals surface area contributed by atoms with Crippen LogP contribution in [0.3, 0.4) is 0 Å². The number of ketones is 2. The van der Waals surface area contributed by atoms with Crippen LogP contribution in [0.1, 0.15) is 16.8 Å². The second kappa shape index (κ2) is 6.44. The number of methoxy groups -OCH3 is 1. The van der Waals surface area contributed by atoms with Gasteiger partial charge >= 0.3 is 5.97 Å². The van der Waals surface area contributed by atoms with Crippen LogP contribution in [0.25, 0.3) is 0 Å². The molecule has 0 aliphatic carbocycles. The van der Waals surface area contributed by atoms with E-state index in [0.717, 1.165) is 7.11 Å². The molecule has 0 aliphatic heterocycles. The predicted octanol–water partition coefficient (Wildman–Crippen LogP) is 0.103. The highest BCUT2D eigenvalue weighted by atomic mass is 16.5. The number of esters is 1. The Hall–Kier alpha value is -2.50. The Labute approximate surface area is 109 Å². The Balaban J connectivity index is 3.03. The normalized spacial score (nSPS) is 11.4. The third kappa shape index (κ3) is 3.74. The number of carbonyl (C=O) groups is 4. The fraction of sp³-hybridized carbons (Fsp3) is 0.231. The van der Waals surface area contributed by atoms with Crippen molar-refractivity contribution in [2.24, 2.45) is 11.7 Å². The molecule has 19 heavy (non-hydrogen) atoms. The van der Waals surface area contributed by atoms with Gasteiger partial charge in [0.1, 0.15) is 5.92 Å². The summed E-state index contributed by atoms with van der Waals surface area (Å²) in [6.45, 7) is 0. The molecule has 1 atom stereocenters. The van der Waals surface area contributed by atoms with Crippen molar-refractivity contribution in [3.63, 3.8) is 0 Å². The van der Waals surface area contributed by atoms with Gasteiger partial charge in [-0.15, -0.1) is 0 Å². The zero-order valence-corrected chi connectivity index (χ0v) is 10.3. The highest BCUT2D eigenvalue weighted by Crippen LogP contribution is 2.14. The van der Waals surface area contributed by atoms with Crippen LogP contribution in [0, 0.1) is 5.92 Å². The van der Waals surface area contributed by atoms with Gasteiger partial charge in [-0.05, 0) is 0 Å². The molecule has 0 saturated heterocycles. The van der Waals surface area contributed by atoms with Gasteiger partial charge in [-0.2, -0.15) is 0 Å². The molecule has 0 radical (unpaired) electrons. The van der Waals surface area contributed by atoms with Gasteiger partial charge in [0.25, 0.3) is 5.91 Å². The lowest BCUT2D eigenvalue weighted by atomic mass is 9.90. The number of rotatable bonds is 6. The lowest BCUT2D eigenvalue weighted by Gasteiger charge is -2.11. The fourth-order valence-corrected chi connectivity index (χ4v) is 1.53. The van der Waals surface area contributed by atoms with Gasteiger partial charge < -0.3 is 10.5 Å². The number of amides is 1. The van der Waals surface area contributed by atoms with Crippen LogP contribution in [0.5, 0.6) is 0 Å². The zero-order valence-electron chi connectivity index (χ0n) is 10.3. The smallest absolute Gasteiger partial charge is 0.306 e. The number of carbonyl (C=O) groups excluding carboxylic acids is 4. The van der Waals surface area contributed by atoms with Crippen LogP contribution in [0.4, 0.5) is 0 Å². The first-order valence-electron chi connectivity index (χ1n) is 5.47. The molecule has 0 heterocycles. The number of hydrogen-bond acceptors (Lipinski definition) is 5. The van der Waals surface area contributed by atoms with Crippen molar-refractivity contribution in [3.05, 3.63) is 35.9 Å². The Bertz CT molecular complexity index is 509. The molecule has 1 aromatic rings. The van der Waals surface area contributed by atoms with Crippen LogP contribution in [-0.2, 0) is 19.1 Å². The van der Waals surface area contributed by atoms with E-state index in [-0.39, 0.29) is 5.56 Å².